The van der Waals surface area contributed by atoms with Gasteiger partial charge in [0.2, 0.25) is 0 Å². The van der Waals surface area contributed by atoms with E-state index in [4.69, 9.17) is 5.84 Å². The molecule has 0 fully saturated rings. The Morgan fingerprint density at radius 2 is 2.54 bits per heavy atom. The van der Waals surface area contributed by atoms with E-state index in [1.54, 1.807) is 6.20 Å². The molecule has 0 atom stereocenters. The minimum absolute atomic E-state index is 0.689. The van der Waals surface area contributed by atoms with E-state index in [2.05, 4.69) is 15.1 Å². The summed E-state index contributed by atoms with van der Waals surface area (Å²) in [5.74, 6) is 5.24. The summed E-state index contributed by atoms with van der Waals surface area (Å²) in [5.41, 5.74) is 2.57. The second-order valence-electron chi connectivity index (χ2n) is 2.70. The van der Waals surface area contributed by atoms with Crippen LogP contribution in [0.2, 0.25) is 0 Å². The highest BCUT2D eigenvalue weighted by atomic mass is 15.2. The van der Waals surface area contributed by atoms with Crippen molar-refractivity contribution in [3.63, 3.8) is 0 Å². The Hall–Kier alpha value is -1.78. The van der Waals surface area contributed by atoms with E-state index in [9.17, 15) is 0 Å². The highest BCUT2D eigenvalue weighted by Crippen LogP contribution is 2.05. The lowest BCUT2D eigenvalue weighted by Crippen LogP contribution is -2.22. The van der Waals surface area contributed by atoms with Gasteiger partial charge in [0, 0.05) is 12.7 Å². The highest BCUT2D eigenvalue weighted by Gasteiger charge is 2.00. The van der Waals surface area contributed by atoms with Crippen LogP contribution in [0.25, 0.3) is 11.2 Å². The van der Waals surface area contributed by atoms with E-state index in [0.717, 1.165) is 17.7 Å². The van der Waals surface area contributed by atoms with Gasteiger partial charge >= 0.3 is 0 Å². The summed E-state index contributed by atoms with van der Waals surface area (Å²) in [4.78, 5) is 7.20. The van der Waals surface area contributed by atoms with Crippen LogP contribution in [0.4, 0.5) is 0 Å². The first-order chi connectivity index (χ1) is 6.36. The Bertz CT molecular complexity index is 478. The molecular formula is C8H11N5. The molecule has 0 radical (unpaired) electrons. The third-order valence-electron chi connectivity index (χ3n) is 2.03. The van der Waals surface area contributed by atoms with E-state index in [0.29, 0.717) is 5.49 Å². The number of hydrogen-bond donors (Lipinski definition) is 2. The number of fused-ring (bicyclic) bond motifs is 1. The average Bonchev–Trinajstić information content (AvgIpc) is 2.63. The fraction of sp³-hybridized carbons (Fsp3) is 0.250. The van der Waals surface area contributed by atoms with Gasteiger partial charge < -0.3 is 15.4 Å². The molecule has 0 amide bonds. The summed E-state index contributed by atoms with van der Waals surface area (Å²) in [6.07, 6.45) is 3.51. The van der Waals surface area contributed by atoms with Crippen molar-refractivity contribution in [2.45, 2.75) is 13.5 Å². The third-order valence-corrected chi connectivity index (χ3v) is 2.03. The van der Waals surface area contributed by atoms with Gasteiger partial charge in [0.1, 0.15) is 0 Å². The maximum atomic E-state index is 5.24. The quantitative estimate of drug-likeness (QED) is 0.481. The van der Waals surface area contributed by atoms with Crippen LogP contribution in [0.5, 0.6) is 0 Å². The number of nitrogens with zero attached hydrogens (tertiary/aromatic N) is 3. The third kappa shape index (κ3) is 1.09. The van der Waals surface area contributed by atoms with E-state index in [1.165, 1.54) is 0 Å². The van der Waals surface area contributed by atoms with Crippen LogP contribution >= 0.6 is 0 Å². The number of rotatable bonds is 1. The van der Waals surface area contributed by atoms with Crippen LogP contribution in [-0.4, -0.2) is 14.5 Å². The van der Waals surface area contributed by atoms with Gasteiger partial charge in [0.05, 0.1) is 11.7 Å². The van der Waals surface area contributed by atoms with Crippen LogP contribution < -0.4 is 11.3 Å². The number of aryl methyl sites for hydroxylation is 1. The number of aromatic nitrogens is 3. The topological polar surface area (TPSA) is 72.0 Å². The van der Waals surface area contributed by atoms with Crippen LogP contribution in [0.15, 0.2) is 23.6 Å². The van der Waals surface area contributed by atoms with Crippen molar-refractivity contribution in [3.05, 3.63) is 23.9 Å². The lowest BCUT2D eigenvalue weighted by Gasteiger charge is -2.03. The number of nitrogens with two attached hydrogens (primary N) is 1. The monoisotopic (exact) mass is 177 g/mol. The van der Waals surface area contributed by atoms with Crippen molar-refractivity contribution in [3.8, 4) is 0 Å². The van der Waals surface area contributed by atoms with Crippen LogP contribution in [0, 0.1) is 0 Å². The van der Waals surface area contributed by atoms with Crippen molar-refractivity contribution in [1.29, 1.82) is 0 Å². The van der Waals surface area contributed by atoms with Crippen LogP contribution in [-0.2, 0) is 6.54 Å². The summed E-state index contributed by atoms with van der Waals surface area (Å²) in [5, 5.41) is 3.66. The van der Waals surface area contributed by atoms with Crippen LogP contribution in [0.1, 0.15) is 6.92 Å². The first-order valence-corrected chi connectivity index (χ1v) is 4.13. The summed E-state index contributed by atoms with van der Waals surface area (Å²) in [6, 6.07) is 1.96. The molecule has 2 aromatic heterocycles. The molecular weight excluding hydrogens is 166 g/mol. The molecule has 0 spiro atoms. The predicted molar refractivity (Wildman–Crippen MR) is 49.5 cm³/mol. The Balaban J connectivity index is 2.90. The second kappa shape index (κ2) is 2.93. The molecule has 5 heteroatoms. The average molecular weight is 177 g/mol. The molecule has 0 aliphatic carbocycles. The molecule has 2 aromatic rings. The summed E-state index contributed by atoms with van der Waals surface area (Å²) < 4.78 is 2.00. The van der Waals surface area contributed by atoms with Crippen molar-refractivity contribution >= 4 is 11.2 Å². The van der Waals surface area contributed by atoms with E-state index in [-0.39, 0.29) is 0 Å². The zero-order chi connectivity index (χ0) is 9.26. The summed E-state index contributed by atoms with van der Waals surface area (Å²) in [7, 11) is 0. The first-order valence-electron chi connectivity index (χ1n) is 4.13. The SMILES string of the molecule is CCn1c(=NN)cnc2[nH]ccc21. The van der Waals surface area contributed by atoms with Crippen molar-refractivity contribution in [1.82, 2.24) is 14.5 Å². The van der Waals surface area contributed by atoms with Gasteiger partial charge in [-0.1, -0.05) is 0 Å². The van der Waals surface area contributed by atoms with Crippen molar-refractivity contribution < 1.29 is 0 Å². The zero-order valence-electron chi connectivity index (χ0n) is 7.36. The Kier molecular flexibility index (Phi) is 1.77. The highest BCUT2D eigenvalue weighted by molar-refractivity contribution is 5.70. The maximum absolute atomic E-state index is 5.24. The number of hydrogen-bond acceptors (Lipinski definition) is 3. The Morgan fingerprint density at radius 1 is 1.69 bits per heavy atom. The molecule has 2 rings (SSSR count). The maximum Gasteiger partial charge on any atom is 0.171 e. The molecule has 13 heavy (non-hydrogen) atoms. The van der Waals surface area contributed by atoms with Gasteiger partial charge in [-0.2, -0.15) is 5.10 Å². The fourth-order valence-corrected chi connectivity index (χ4v) is 1.42. The summed E-state index contributed by atoms with van der Waals surface area (Å²) >= 11 is 0. The minimum atomic E-state index is 0.689. The molecule has 5 nitrogen and oxygen atoms in total. The molecule has 68 valence electrons. The number of aromatic amines is 1. The molecule has 0 saturated heterocycles. The largest absolute Gasteiger partial charge is 0.345 e. The molecule has 0 aliphatic rings. The van der Waals surface area contributed by atoms with Gasteiger partial charge in [-0.15, -0.1) is 0 Å². The molecule has 0 unspecified atom stereocenters. The second-order valence-corrected chi connectivity index (χ2v) is 2.70. The normalized spacial score (nSPS) is 12.5. The van der Waals surface area contributed by atoms with E-state index >= 15 is 0 Å². The predicted octanol–water partition coefficient (Wildman–Crippen LogP) is 0.159. The molecule has 2 heterocycles. The molecule has 0 aromatic carbocycles. The van der Waals surface area contributed by atoms with Gasteiger partial charge in [-0.3, -0.25) is 0 Å². The molecule has 0 saturated carbocycles. The minimum Gasteiger partial charge on any atom is -0.345 e. The smallest absolute Gasteiger partial charge is 0.171 e. The fourth-order valence-electron chi connectivity index (χ4n) is 1.42. The van der Waals surface area contributed by atoms with Gasteiger partial charge in [0.25, 0.3) is 0 Å². The number of nitrogens with one attached hydrogen (secondary N) is 1. The Morgan fingerprint density at radius 3 is 3.23 bits per heavy atom. The standard InChI is InChI=1S/C8H11N5/c1-2-13-6-3-4-10-8(6)11-5-7(13)12-9/h3-5,10H,2,9H2,1H3. The van der Waals surface area contributed by atoms with Crippen LogP contribution in [0.3, 0.4) is 0 Å². The van der Waals surface area contributed by atoms with Crippen molar-refractivity contribution in [2.24, 2.45) is 10.9 Å². The molecule has 3 N–H and O–H groups in total. The summed E-state index contributed by atoms with van der Waals surface area (Å²) in [6.45, 7) is 2.87. The van der Waals surface area contributed by atoms with Crippen molar-refractivity contribution in [2.75, 3.05) is 0 Å². The number of H-pyrrole nitrogens is 1. The van der Waals surface area contributed by atoms with E-state index in [1.807, 2.05) is 23.8 Å². The lowest BCUT2D eigenvalue weighted by molar-refractivity contribution is 0.727. The van der Waals surface area contributed by atoms with Gasteiger partial charge in [-0.25, -0.2) is 4.98 Å². The zero-order valence-corrected chi connectivity index (χ0v) is 7.36. The van der Waals surface area contributed by atoms with Gasteiger partial charge in [-0.05, 0) is 13.0 Å². The Labute approximate surface area is 74.9 Å². The van der Waals surface area contributed by atoms with E-state index < -0.39 is 0 Å². The van der Waals surface area contributed by atoms with Gasteiger partial charge in [0.15, 0.2) is 11.1 Å². The molecule has 0 bridgehead atoms. The first kappa shape index (κ1) is 7.85. The lowest BCUT2D eigenvalue weighted by atomic mass is 10.5. The molecule has 0 aliphatic heterocycles.